The Balaban J connectivity index is 2.29. The van der Waals surface area contributed by atoms with Gasteiger partial charge in [0.2, 0.25) is 18.4 Å². The number of fused-ring (bicyclic) bond motifs is 1. The highest BCUT2D eigenvalue weighted by Crippen LogP contribution is 2.38. The van der Waals surface area contributed by atoms with Crippen LogP contribution >= 0.6 is 0 Å². The summed E-state index contributed by atoms with van der Waals surface area (Å²) in [4.78, 5) is 11.6. The molecule has 0 aliphatic carbocycles. The highest BCUT2D eigenvalue weighted by Gasteiger charge is 2.25. The number of hydrogen-bond donors (Lipinski definition) is 0. The Morgan fingerprint density at radius 1 is 1.17 bits per heavy atom. The summed E-state index contributed by atoms with van der Waals surface area (Å²) in [7, 11) is 0. The van der Waals surface area contributed by atoms with Gasteiger partial charge in [-0.3, -0.25) is 9.36 Å². The van der Waals surface area contributed by atoms with Crippen LogP contribution in [0.25, 0.3) is 5.69 Å². The van der Waals surface area contributed by atoms with Gasteiger partial charge in [-0.2, -0.15) is 4.39 Å². The normalized spacial score (nSPS) is 12.8. The van der Waals surface area contributed by atoms with Crippen LogP contribution < -0.4 is 15.0 Å². The molecule has 0 unspecified atom stereocenters. The first-order valence-corrected chi connectivity index (χ1v) is 5.14. The van der Waals surface area contributed by atoms with Crippen molar-refractivity contribution in [2.45, 2.75) is 0 Å². The first-order valence-electron chi connectivity index (χ1n) is 5.14. The quantitative estimate of drug-likeness (QED) is 0.776. The zero-order valence-corrected chi connectivity index (χ0v) is 9.02. The fourth-order valence-electron chi connectivity index (χ4n) is 1.77. The van der Waals surface area contributed by atoms with Gasteiger partial charge in [0.25, 0.3) is 5.56 Å². The number of ether oxygens (including phenoxy) is 2. The molecule has 1 aromatic carbocycles. The number of hydrogen-bond acceptors (Lipinski definition) is 3. The molecule has 92 valence electrons. The predicted octanol–water partition coefficient (Wildman–Crippen LogP) is 1.84. The summed E-state index contributed by atoms with van der Waals surface area (Å²) < 4.78 is 38.3. The maximum absolute atomic E-state index is 13.9. The van der Waals surface area contributed by atoms with Crippen molar-refractivity contribution in [1.82, 2.24) is 4.57 Å². The standard InChI is InChI=1S/C12H7F2NO3/c13-10-7(15-4-2-1-3-9(15)16)5-8-12(11(10)14)18-6-17-8/h1-5H,6H2. The minimum absolute atomic E-state index is 0.0830. The molecule has 0 saturated heterocycles. The van der Waals surface area contributed by atoms with Crippen LogP contribution in [-0.4, -0.2) is 11.4 Å². The number of aromatic nitrogens is 1. The third-order valence-corrected chi connectivity index (χ3v) is 2.61. The van der Waals surface area contributed by atoms with Crippen LogP contribution in [-0.2, 0) is 0 Å². The summed E-state index contributed by atoms with van der Waals surface area (Å²) in [6, 6.07) is 5.55. The Labute approximate surface area is 100.0 Å². The van der Waals surface area contributed by atoms with Gasteiger partial charge < -0.3 is 9.47 Å². The van der Waals surface area contributed by atoms with Crippen molar-refractivity contribution >= 4 is 0 Å². The lowest BCUT2D eigenvalue weighted by Gasteiger charge is -2.08. The highest BCUT2D eigenvalue weighted by molar-refractivity contribution is 5.52. The van der Waals surface area contributed by atoms with Crippen LogP contribution in [0.5, 0.6) is 11.5 Å². The minimum Gasteiger partial charge on any atom is -0.453 e. The van der Waals surface area contributed by atoms with Crippen molar-refractivity contribution in [3.05, 3.63) is 52.5 Å². The van der Waals surface area contributed by atoms with Crippen molar-refractivity contribution in [3.63, 3.8) is 0 Å². The SMILES string of the molecule is O=c1ccccn1-c1cc2c(c(F)c1F)OCO2. The molecule has 1 aliphatic heterocycles. The lowest BCUT2D eigenvalue weighted by molar-refractivity contribution is 0.170. The molecular formula is C12H7F2NO3. The van der Waals surface area contributed by atoms with Gasteiger partial charge in [0, 0.05) is 18.3 Å². The maximum atomic E-state index is 13.9. The number of halogens is 2. The molecule has 0 amide bonds. The molecule has 3 rings (SSSR count). The average Bonchev–Trinajstić information content (AvgIpc) is 2.83. The van der Waals surface area contributed by atoms with Crippen molar-refractivity contribution in [3.8, 4) is 17.2 Å². The summed E-state index contributed by atoms with van der Waals surface area (Å²) in [5, 5.41) is 0. The Morgan fingerprint density at radius 3 is 2.78 bits per heavy atom. The second kappa shape index (κ2) is 3.83. The predicted molar refractivity (Wildman–Crippen MR) is 58.1 cm³/mol. The van der Waals surface area contributed by atoms with E-state index in [1.165, 1.54) is 24.4 Å². The number of benzene rings is 1. The zero-order chi connectivity index (χ0) is 12.7. The molecule has 0 bridgehead atoms. The van der Waals surface area contributed by atoms with Gasteiger partial charge in [0.05, 0.1) is 5.69 Å². The van der Waals surface area contributed by atoms with Gasteiger partial charge in [0.1, 0.15) is 0 Å². The fraction of sp³-hybridized carbons (Fsp3) is 0.0833. The van der Waals surface area contributed by atoms with E-state index in [0.29, 0.717) is 0 Å². The van der Waals surface area contributed by atoms with Crippen molar-refractivity contribution < 1.29 is 18.3 Å². The molecule has 6 heteroatoms. The minimum atomic E-state index is -1.16. The lowest BCUT2D eigenvalue weighted by Crippen LogP contribution is -2.17. The molecule has 0 radical (unpaired) electrons. The Kier molecular flexibility index (Phi) is 2.29. The summed E-state index contributed by atoms with van der Waals surface area (Å²) >= 11 is 0. The van der Waals surface area contributed by atoms with E-state index in [0.717, 1.165) is 4.57 Å². The van der Waals surface area contributed by atoms with E-state index in [4.69, 9.17) is 9.47 Å². The third kappa shape index (κ3) is 1.46. The van der Waals surface area contributed by atoms with Crippen LogP contribution in [0.4, 0.5) is 8.78 Å². The van der Waals surface area contributed by atoms with Crippen LogP contribution in [0.2, 0.25) is 0 Å². The summed E-state index contributed by atoms with van der Waals surface area (Å²) in [6.45, 7) is -0.168. The Bertz CT molecular complexity index is 682. The average molecular weight is 251 g/mol. The topological polar surface area (TPSA) is 40.5 Å². The molecule has 18 heavy (non-hydrogen) atoms. The molecule has 4 nitrogen and oxygen atoms in total. The smallest absolute Gasteiger partial charge is 0.255 e. The number of nitrogens with zero attached hydrogens (tertiary/aromatic N) is 1. The monoisotopic (exact) mass is 251 g/mol. The van der Waals surface area contributed by atoms with Crippen LogP contribution in [0, 0.1) is 11.6 Å². The fourth-order valence-corrected chi connectivity index (χ4v) is 1.77. The Hall–Kier alpha value is -2.37. The molecule has 2 aromatic rings. The van der Waals surface area contributed by atoms with E-state index in [1.807, 2.05) is 0 Å². The van der Waals surface area contributed by atoms with Crippen molar-refractivity contribution in [2.24, 2.45) is 0 Å². The molecule has 0 spiro atoms. The van der Waals surface area contributed by atoms with Gasteiger partial charge >= 0.3 is 0 Å². The van der Waals surface area contributed by atoms with E-state index >= 15 is 0 Å². The largest absolute Gasteiger partial charge is 0.453 e. The van der Waals surface area contributed by atoms with Crippen LogP contribution in [0.1, 0.15) is 0 Å². The molecular weight excluding hydrogens is 244 g/mol. The van der Waals surface area contributed by atoms with Crippen LogP contribution in [0.15, 0.2) is 35.3 Å². The second-order valence-electron chi connectivity index (χ2n) is 3.67. The summed E-state index contributed by atoms with van der Waals surface area (Å²) in [5.74, 6) is -2.48. The number of pyridine rings is 1. The molecule has 1 aliphatic rings. The van der Waals surface area contributed by atoms with E-state index in [1.54, 1.807) is 6.07 Å². The van der Waals surface area contributed by atoms with Gasteiger partial charge in [-0.05, 0) is 6.07 Å². The van der Waals surface area contributed by atoms with E-state index in [2.05, 4.69) is 0 Å². The second-order valence-corrected chi connectivity index (χ2v) is 3.67. The molecule has 1 aromatic heterocycles. The Morgan fingerprint density at radius 2 is 2.00 bits per heavy atom. The number of rotatable bonds is 1. The van der Waals surface area contributed by atoms with Crippen molar-refractivity contribution in [1.29, 1.82) is 0 Å². The lowest BCUT2D eigenvalue weighted by atomic mass is 10.2. The third-order valence-electron chi connectivity index (χ3n) is 2.61. The maximum Gasteiger partial charge on any atom is 0.255 e. The zero-order valence-electron chi connectivity index (χ0n) is 9.02. The van der Waals surface area contributed by atoms with Gasteiger partial charge in [-0.25, -0.2) is 4.39 Å². The van der Waals surface area contributed by atoms with Gasteiger partial charge in [-0.1, -0.05) is 6.07 Å². The van der Waals surface area contributed by atoms with Crippen LogP contribution in [0.3, 0.4) is 0 Å². The highest BCUT2D eigenvalue weighted by atomic mass is 19.2. The van der Waals surface area contributed by atoms with Gasteiger partial charge in [-0.15, -0.1) is 0 Å². The van der Waals surface area contributed by atoms with Crippen molar-refractivity contribution in [2.75, 3.05) is 6.79 Å². The molecule has 2 heterocycles. The molecule has 0 atom stereocenters. The van der Waals surface area contributed by atoms with E-state index in [-0.39, 0.29) is 24.0 Å². The summed E-state index contributed by atoms with van der Waals surface area (Å²) in [5.41, 5.74) is -0.669. The molecule has 0 saturated carbocycles. The summed E-state index contributed by atoms with van der Waals surface area (Å²) in [6.07, 6.45) is 1.35. The first-order chi connectivity index (χ1) is 8.68. The van der Waals surface area contributed by atoms with E-state index in [9.17, 15) is 13.6 Å². The van der Waals surface area contributed by atoms with Gasteiger partial charge in [0.15, 0.2) is 11.6 Å². The molecule has 0 fully saturated rings. The van der Waals surface area contributed by atoms with E-state index < -0.39 is 17.2 Å². The first kappa shape index (κ1) is 10.8. The molecule has 0 N–H and O–H groups in total.